The van der Waals surface area contributed by atoms with Crippen LogP contribution in [-0.2, 0) is 10.2 Å². The van der Waals surface area contributed by atoms with Crippen molar-refractivity contribution in [2.24, 2.45) is 5.73 Å². The monoisotopic (exact) mass is 225 g/mol. The van der Waals surface area contributed by atoms with Gasteiger partial charge in [0.25, 0.3) is 0 Å². The van der Waals surface area contributed by atoms with E-state index in [9.17, 15) is 0 Å². The van der Waals surface area contributed by atoms with Crippen LogP contribution in [0.1, 0.15) is 51.4 Å². The second-order valence-corrected chi connectivity index (χ2v) is 5.27. The minimum atomic E-state index is -0.114. The molecule has 0 amide bonds. The van der Waals surface area contributed by atoms with Crippen LogP contribution in [0.5, 0.6) is 0 Å². The van der Waals surface area contributed by atoms with Crippen molar-refractivity contribution in [1.29, 1.82) is 0 Å². The van der Waals surface area contributed by atoms with Crippen molar-refractivity contribution in [2.75, 3.05) is 6.54 Å². The summed E-state index contributed by atoms with van der Waals surface area (Å²) in [5, 5.41) is 3.98. The lowest BCUT2D eigenvalue weighted by Crippen LogP contribution is -2.19. The SMILES string of the molecule is CC(C)(C)c1nc(C2CCC(CN)O2)no1. The molecule has 0 bridgehead atoms. The lowest BCUT2D eigenvalue weighted by Gasteiger charge is -2.11. The van der Waals surface area contributed by atoms with Crippen molar-refractivity contribution < 1.29 is 9.26 Å². The zero-order valence-corrected chi connectivity index (χ0v) is 10.1. The zero-order chi connectivity index (χ0) is 11.8. The molecule has 90 valence electrons. The van der Waals surface area contributed by atoms with E-state index >= 15 is 0 Å². The van der Waals surface area contributed by atoms with Crippen LogP contribution < -0.4 is 5.73 Å². The smallest absolute Gasteiger partial charge is 0.232 e. The summed E-state index contributed by atoms with van der Waals surface area (Å²) < 4.78 is 11.0. The number of rotatable bonds is 2. The van der Waals surface area contributed by atoms with Crippen LogP contribution in [-0.4, -0.2) is 22.8 Å². The Balaban J connectivity index is 2.08. The molecule has 2 heterocycles. The first-order valence-corrected chi connectivity index (χ1v) is 5.70. The molecule has 1 aromatic rings. The van der Waals surface area contributed by atoms with Gasteiger partial charge in [-0.3, -0.25) is 0 Å². The van der Waals surface area contributed by atoms with Gasteiger partial charge in [0, 0.05) is 12.0 Å². The number of nitrogens with zero attached hydrogens (tertiary/aromatic N) is 2. The summed E-state index contributed by atoms with van der Waals surface area (Å²) in [5.74, 6) is 1.31. The van der Waals surface area contributed by atoms with Crippen LogP contribution >= 0.6 is 0 Å². The summed E-state index contributed by atoms with van der Waals surface area (Å²) in [5.41, 5.74) is 5.45. The highest BCUT2D eigenvalue weighted by atomic mass is 16.5. The van der Waals surface area contributed by atoms with Gasteiger partial charge in [-0.1, -0.05) is 25.9 Å². The first kappa shape index (κ1) is 11.5. The molecular weight excluding hydrogens is 206 g/mol. The molecule has 2 atom stereocenters. The molecule has 0 saturated carbocycles. The maximum atomic E-state index is 5.71. The van der Waals surface area contributed by atoms with E-state index in [1.54, 1.807) is 0 Å². The molecule has 2 N–H and O–H groups in total. The van der Waals surface area contributed by atoms with Crippen molar-refractivity contribution in [3.05, 3.63) is 11.7 Å². The Kier molecular flexibility index (Phi) is 2.99. The largest absolute Gasteiger partial charge is 0.366 e. The van der Waals surface area contributed by atoms with Crippen LogP contribution in [0, 0.1) is 0 Å². The molecule has 2 rings (SSSR count). The van der Waals surface area contributed by atoms with Gasteiger partial charge in [-0.25, -0.2) is 0 Å². The van der Waals surface area contributed by atoms with E-state index < -0.39 is 0 Å². The quantitative estimate of drug-likeness (QED) is 0.826. The highest BCUT2D eigenvalue weighted by Crippen LogP contribution is 2.31. The summed E-state index contributed by atoms with van der Waals surface area (Å²) in [7, 11) is 0. The molecule has 1 aromatic heterocycles. The normalized spacial score (nSPS) is 26.2. The van der Waals surface area contributed by atoms with Crippen molar-refractivity contribution in [2.45, 2.75) is 51.2 Å². The molecule has 0 aliphatic carbocycles. The van der Waals surface area contributed by atoms with Crippen LogP contribution in [0.4, 0.5) is 0 Å². The fourth-order valence-corrected chi connectivity index (χ4v) is 1.74. The lowest BCUT2D eigenvalue weighted by molar-refractivity contribution is 0.0435. The van der Waals surface area contributed by atoms with Gasteiger partial charge in [-0.05, 0) is 12.8 Å². The van der Waals surface area contributed by atoms with E-state index in [0.29, 0.717) is 18.3 Å². The number of ether oxygens (including phenoxy) is 1. The predicted molar refractivity (Wildman–Crippen MR) is 58.9 cm³/mol. The Morgan fingerprint density at radius 1 is 1.38 bits per heavy atom. The Morgan fingerprint density at radius 2 is 2.12 bits per heavy atom. The van der Waals surface area contributed by atoms with E-state index in [2.05, 4.69) is 10.1 Å². The molecule has 5 heteroatoms. The minimum Gasteiger partial charge on any atom is -0.366 e. The fourth-order valence-electron chi connectivity index (χ4n) is 1.74. The van der Waals surface area contributed by atoms with E-state index in [-0.39, 0.29) is 17.6 Å². The van der Waals surface area contributed by atoms with E-state index in [1.165, 1.54) is 0 Å². The van der Waals surface area contributed by atoms with Crippen LogP contribution in [0.25, 0.3) is 0 Å². The molecule has 1 saturated heterocycles. The fraction of sp³-hybridized carbons (Fsp3) is 0.818. The summed E-state index contributed by atoms with van der Waals surface area (Å²) in [6, 6.07) is 0. The third-order valence-corrected chi connectivity index (χ3v) is 2.74. The minimum absolute atomic E-state index is 0.0478. The average molecular weight is 225 g/mol. The molecule has 16 heavy (non-hydrogen) atoms. The van der Waals surface area contributed by atoms with Gasteiger partial charge < -0.3 is 15.0 Å². The average Bonchev–Trinajstić information content (AvgIpc) is 2.85. The van der Waals surface area contributed by atoms with Gasteiger partial charge in [0.05, 0.1) is 6.10 Å². The van der Waals surface area contributed by atoms with Gasteiger partial charge in [-0.15, -0.1) is 0 Å². The molecule has 1 fully saturated rings. The van der Waals surface area contributed by atoms with Crippen molar-refractivity contribution in [3.63, 3.8) is 0 Å². The topological polar surface area (TPSA) is 74.2 Å². The maximum absolute atomic E-state index is 5.71. The van der Waals surface area contributed by atoms with Crippen molar-refractivity contribution in [1.82, 2.24) is 10.1 Å². The highest BCUT2D eigenvalue weighted by Gasteiger charge is 2.31. The maximum Gasteiger partial charge on any atom is 0.232 e. The van der Waals surface area contributed by atoms with Gasteiger partial charge >= 0.3 is 0 Å². The standard InChI is InChI=1S/C11H19N3O2/c1-11(2,3)10-13-9(14-16-10)8-5-4-7(6-12)15-8/h7-8H,4-6,12H2,1-3H3. The number of hydrogen-bond donors (Lipinski definition) is 1. The lowest BCUT2D eigenvalue weighted by atomic mass is 9.97. The second kappa shape index (κ2) is 4.14. The van der Waals surface area contributed by atoms with E-state index in [0.717, 1.165) is 12.8 Å². The first-order valence-electron chi connectivity index (χ1n) is 5.70. The molecule has 1 aliphatic heterocycles. The van der Waals surface area contributed by atoms with E-state index in [1.807, 2.05) is 20.8 Å². The predicted octanol–water partition coefficient (Wildman–Crippen LogP) is 1.55. The molecular formula is C11H19N3O2. The van der Waals surface area contributed by atoms with Crippen LogP contribution in [0.2, 0.25) is 0 Å². The summed E-state index contributed by atoms with van der Waals surface area (Å²) in [6.45, 7) is 6.69. The Hall–Kier alpha value is -0.940. The van der Waals surface area contributed by atoms with Gasteiger partial charge in [-0.2, -0.15) is 4.98 Å². The van der Waals surface area contributed by atoms with Crippen LogP contribution in [0.15, 0.2) is 4.52 Å². The molecule has 1 aliphatic rings. The second-order valence-electron chi connectivity index (χ2n) is 5.27. The molecule has 5 nitrogen and oxygen atoms in total. The van der Waals surface area contributed by atoms with Crippen LogP contribution in [0.3, 0.4) is 0 Å². The number of nitrogens with two attached hydrogens (primary N) is 1. The number of aromatic nitrogens is 2. The molecule has 0 radical (unpaired) electrons. The Labute approximate surface area is 95.3 Å². The molecule has 0 spiro atoms. The highest BCUT2D eigenvalue weighted by molar-refractivity contribution is 5.01. The van der Waals surface area contributed by atoms with Gasteiger partial charge in [0.1, 0.15) is 6.10 Å². The van der Waals surface area contributed by atoms with E-state index in [4.69, 9.17) is 15.0 Å². The first-order chi connectivity index (χ1) is 7.50. The zero-order valence-electron chi connectivity index (χ0n) is 10.1. The number of hydrogen-bond acceptors (Lipinski definition) is 5. The Bertz CT molecular complexity index is 356. The summed E-state index contributed by atoms with van der Waals surface area (Å²) >= 11 is 0. The van der Waals surface area contributed by atoms with Gasteiger partial charge in [0.15, 0.2) is 0 Å². The Morgan fingerprint density at radius 3 is 2.62 bits per heavy atom. The summed E-state index contributed by atoms with van der Waals surface area (Å²) in [4.78, 5) is 4.39. The third kappa shape index (κ3) is 2.25. The molecule has 2 unspecified atom stereocenters. The summed E-state index contributed by atoms with van der Waals surface area (Å²) in [6.07, 6.45) is 1.99. The van der Waals surface area contributed by atoms with Gasteiger partial charge in [0.2, 0.25) is 11.7 Å². The third-order valence-electron chi connectivity index (χ3n) is 2.74. The van der Waals surface area contributed by atoms with Crippen molar-refractivity contribution in [3.8, 4) is 0 Å². The van der Waals surface area contributed by atoms with Crippen molar-refractivity contribution >= 4 is 0 Å². The molecule has 0 aromatic carbocycles.